The van der Waals surface area contributed by atoms with Crippen LogP contribution in [-0.4, -0.2) is 18.5 Å². The number of carbonyl (C=O) groups is 1. The first kappa shape index (κ1) is 16.0. The van der Waals surface area contributed by atoms with E-state index in [0.717, 1.165) is 11.3 Å². The molecule has 1 aromatic carbocycles. The lowest BCUT2D eigenvalue weighted by Crippen LogP contribution is -2.41. The van der Waals surface area contributed by atoms with Crippen molar-refractivity contribution in [3.8, 4) is 0 Å². The predicted molar refractivity (Wildman–Crippen MR) is 81.7 cm³/mol. The fourth-order valence-electron chi connectivity index (χ4n) is 1.48. The van der Waals surface area contributed by atoms with Gasteiger partial charge in [0.1, 0.15) is 0 Å². The Labute approximate surface area is 120 Å². The van der Waals surface area contributed by atoms with E-state index in [1.54, 1.807) is 6.07 Å². The topological polar surface area (TPSA) is 41.1 Å². The summed E-state index contributed by atoms with van der Waals surface area (Å²) in [7, 11) is 0. The Morgan fingerprint density at radius 2 is 2.00 bits per heavy atom. The van der Waals surface area contributed by atoms with Crippen molar-refractivity contribution in [2.45, 2.75) is 40.7 Å². The molecule has 0 aliphatic carbocycles. The summed E-state index contributed by atoms with van der Waals surface area (Å²) >= 11 is 5.92. The van der Waals surface area contributed by atoms with Crippen molar-refractivity contribution in [1.82, 2.24) is 5.32 Å². The van der Waals surface area contributed by atoms with Crippen LogP contribution in [0.25, 0.3) is 0 Å². The number of halogens is 1. The number of hydrogen-bond acceptors (Lipinski definition) is 2. The molecule has 0 radical (unpaired) electrons. The van der Waals surface area contributed by atoms with Crippen LogP contribution < -0.4 is 10.6 Å². The Balaban J connectivity index is 2.54. The smallest absolute Gasteiger partial charge is 0.238 e. The summed E-state index contributed by atoms with van der Waals surface area (Å²) in [6.45, 7) is 10.7. The number of nitrogens with one attached hydrogen (secondary N) is 2. The molecule has 19 heavy (non-hydrogen) atoms. The second kappa shape index (κ2) is 6.40. The molecule has 106 valence electrons. The second-order valence-electron chi connectivity index (χ2n) is 5.98. The van der Waals surface area contributed by atoms with E-state index in [2.05, 4.69) is 38.3 Å². The summed E-state index contributed by atoms with van der Waals surface area (Å²) in [6.07, 6.45) is 0. The Morgan fingerprint density at radius 3 is 2.58 bits per heavy atom. The van der Waals surface area contributed by atoms with Crippen LogP contribution in [0.4, 0.5) is 5.69 Å². The third-order valence-electron chi connectivity index (χ3n) is 3.34. The first-order valence-electron chi connectivity index (χ1n) is 6.49. The molecule has 1 unspecified atom stereocenters. The van der Waals surface area contributed by atoms with Crippen LogP contribution in [0, 0.1) is 12.3 Å². The first-order valence-corrected chi connectivity index (χ1v) is 6.87. The van der Waals surface area contributed by atoms with Gasteiger partial charge >= 0.3 is 0 Å². The minimum Gasteiger partial charge on any atom is -0.325 e. The number of benzene rings is 1. The van der Waals surface area contributed by atoms with E-state index in [9.17, 15) is 4.79 Å². The van der Waals surface area contributed by atoms with E-state index in [0.29, 0.717) is 11.6 Å². The van der Waals surface area contributed by atoms with E-state index in [1.807, 2.05) is 19.1 Å². The minimum absolute atomic E-state index is 0.0542. The van der Waals surface area contributed by atoms with Gasteiger partial charge in [-0.05, 0) is 37.0 Å². The quantitative estimate of drug-likeness (QED) is 0.886. The highest BCUT2D eigenvalue weighted by molar-refractivity contribution is 6.31. The van der Waals surface area contributed by atoms with Crippen molar-refractivity contribution in [2.24, 2.45) is 5.41 Å². The van der Waals surface area contributed by atoms with Crippen LogP contribution in [0.1, 0.15) is 33.3 Å². The van der Waals surface area contributed by atoms with Crippen LogP contribution in [0.3, 0.4) is 0 Å². The molecular formula is C15H23ClN2O. The summed E-state index contributed by atoms with van der Waals surface area (Å²) in [5.41, 5.74) is 1.90. The van der Waals surface area contributed by atoms with Gasteiger partial charge in [0.05, 0.1) is 6.54 Å². The van der Waals surface area contributed by atoms with Gasteiger partial charge < -0.3 is 10.6 Å². The molecule has 1 amide bonds. The summed E-state index contributed by atoms with van der Waals surface area (Å²) < 4.78 is 0. The molecule has 0 spiro atoms. The van der Waals surface area contributed by atoms with E-state index >= 15 is 0 Å². The third kappa shape index (κ3) is 5.21. The Hall–Kier alpha value is -1.06. The second-order valence-corrected chi connectivity index (χ2v) is 6.41. The maximum absolute atomic E-state index is 11.9. The molecule has 0 fully saturated rings. The van der Waals surface area contributed by atoms with Gasteiger partial charge in [-0.1, -0.05) is 38.4 Å². The molecule has 0 saturated heterocycles. The molecule has 0 saturated carbocycles. The Morgan fingerprint density at radius 1 is 1.37 bits per heavy atom. The molecule has 1 aromatic rings. The zero-order valence-corrected chi connectivity index (χ0v) is 13.1. The average molecular weight is 283 g/mol. The van der Waals surface area contributed by atoms with Crippen molar-refractivity contribution in [1.29, 1.82) is 0 Å². The highest BCUT2D eigenvalue weighted by Gasteiger charge is 2.20. The largest absolute Gasteiger partial charge is 0.325 e. The molecule has 0 aliphatic heterocycles. The van der Waals surface area contributed by atoms with Crippen molar-refractivity contribution >= 4 is 23.2 Å². The van der Waals surface area contributed by atoms with Crippen molar-refractivity contribution in [3.63, 3.8) is 0 Å². The molecule has 0 heterocycles. The lowest BCUT2D eigenvalue weighted by atomic mass is 9.88. The molecule has 3 nitrogen and oxygen atoms in total. The summed E-state index contributed by atoms with van der Waals surface area (Å²) in [5.74, 6) is -0.0542. The monoisotopic (exact) mass is 282 g/mol. The third-order valence-corrected chi connectivity index (χ3v) is 3.58. The molecule has 0 aromatic heterocycles. The van der Waals surface area contributed by atoms with Gasteiger partial charge in [-0.25, -0.2) is 0 Å². The molecule has 0 aliphatic rings. The van der Waals surface area contributed by atoms with Crippen molar-refractivity contribution < 1.29 is 4.79 Å². The van der Waals surface area contributed by atoms with Gasteiger partial charge in [-0.2, -0.15) is 0 Å². The van der Waals surface area contributed by atoms with Gasteiger partial charge in [-0.3, -0.25) is 4.79 Å². The molecule has 1 rings (SSSR count). The predicted octanol–water partition coefficient (Wildman–Crippen LogP) is 3.61. The summed E-state index contributed by atoms with van der Waals surface area (Å²) in [4.78, 5) is 11.9. The highest BCUT2D eigenvalue weighted by Crippen LogP contribution is 2.20. The van der Waals surface area contributed by atoms with Gasteiger partial charge in [0.15, 0.2) is 0 Å². The zero-order valence-electron chi connectivity index (χ0n) is 12.3. The molecular weight excluding hydrogens is 260 g/mol. The lowest BCUT2D eigenvalue weighted by molar-refractivity contribution is -0.115. The van der Waals surface area contributed by atoms with Gasteiger partial charge in [-0.15, -0.1) is 0 Å². The summed E-state index contributed by atoms with van der Waals surface area (Å²) in [5, 5.41) is 6.73. The molecule has 0 bridgehead atoms. The van der Waals surface area contributed by atoms with Crippen LogP contribution >= 0.6 is 11.6 Å². The van der Waals surface area contributed by atoms with Gasteiger partial charge in [0.2, 0.25) is 5.91 Å². The van der Waals surface area contributed by atoms with E-state index in [4.69, 9.17) is 11.6 Å². The fraction of sp³-hybridized carbons (Fsp3) is 0.533. The maximum Gasteiger partial charge on any atom is 0.238 e. The lowest BCUT2D eigenvalue weighted by Gasteiger charge is -2.28. The van der Waals surface area contributed by atoms with Crippen LogP contribution in [0.5, 0.6) is 0 Å². The number of aryl methyl sites for hydroxylation is 1. The van der Waals surface area contributed by atoms with Crippen LogP contribution in [0.2, 0.25) is 5.02 Å². The summed E-state index contributed by atoms with van der Waals surface area (Å²) in [6, 6.07) is 5.73. The first-order chi connectivity index (χ1) is 8.70. The molecule has 4 heteroatoms. The zero-order chi connectivity index (χ0) is 14.6. The van der Waals surface area contributed by atoms with E-state index < -0.39 is 0 Å². The maximum atomic E-state index is 11.9. The Kier molecular flexibility index (Phi) is 5.39. The number of amides is 1. The van der Waals surface area contributed by atoms with Crippen LogP contribution in [-0.2, 0) is 4.79 Å². The minimum atomic E-state index is -0.0542. The number of hydrogen-bond donors (Lipinski definition) is 2. The van der Waals surface area contributed by atoms with Crippen molar-refractivity contribution in [3.05, 3.63) is 28.8 Å². The normalized spacial score (nSPS) is 13.2. The number of rotatable bonds is 4. The molecule has 1 atom stereocenters. The standard InChI is InChI=1S/C15H23ClN2O/c1-10-6-7-12(16)8-13(10)18-14(19)9-17-11(2)15(3,4)5/h6-8,11,17H,9H2,1-5H3,(H,18,19). The van der Waals surface area contributed by atoms with Gasteiger partial charge in [0, 0.05) is 16.8 Å². The van der Waals surface area contributed by atoms with E-state index in [-0.39, 0.29) is 17.4 Å². The number of carbonyl (C=O) groups excluding carboxylic acids is 1. The molecule has 2 N–H and O–H groups in total. The number of anilines is 1. The van der Waals surface area contributed by atoms with Crippen LogP contribution in [0.15, 0.2) is 18.2 Å². The fourth-order valence-corrected chi connectivity index (χ4v) is 1.65. The van der Waals surface area contributed by atoms with E-state index in [1.165, 1.54) is 0 Å². The van der Waals surface area contributed by atoms with Gasteiger partial charge in [0.25, 0.3) is 0 Å². The highest BCUT2D eigenvalue weighted by atomic mass is 35.5. The average Bonchev–Trinajstić information content (AvgIpc) is 2.29. The van der Waals surface area contributed by atoms with Crippen molar-refractivity contribution in [2.75, 3.05) is 11.9 Å². The Bertz CT molecular complexity index is 452. The SMILES string of the molecule is Cc1ccc(Cl)cc1NC(=O)CNC(C)C(C)(C)C.